The first kappa shape index (κ1) is 110. The molecule has 6 atom stereocenters. The molecule has 37 heteroatoms. The van der Waals surface area contributed by atoms with Crippen LogP contribution in [0, 0.1) is 11.7 Å². The number of nitrogens with zero attached hydrogens (tertiary/aromatic N) is 12. The van der Waals surface area contributed by atoms with Crippen molar-refractivity contribution in [2.24, 2.45) is 11.7 Å². The summed E-state index contributed by atoms with van der Waals surface area (Å²) < 4.78 is 21.5. The summed E-state index contributed by atoms with van der Waals surface area (Å²) in [5.74, 6) is -0.381. The molecule has 1 aliphatic carbocycles. The van der Waals surface area contributed by atoms with E-state index in [9.17, 15) is 61.9 Å². The van der Waals surface area contributed by atoms with Crippen LogP contribution in [0.1, 0.15) is 203 Å². The molecule has 8 heterocycles. The Kier molecular flexibility index (Phi) is 48.8. The number of aliphatic hydroxyl groups is 1. The zero-order valence-corrected chi connectivity index (χ0v) is 80.2. The number of rotatable bonds is 31. The number of aliphatic carboxylic acids is 1. The molecule has 5 fully saturated rings. The summed E-state index contributed by atoms with van der Waals surface area (Å²) in [6.45, 7) is 9.80. The summed E-state index contributed by atoms with van der Waals surface area (Å²) in [6.07, 6.45) is 28.7. The first-order valence-electron chi connectivity index (χ1n) is 45.4. The van der Waals surface area contributed by atoms with E-state index >= 15 is 0 Å². The molecule has 14 rings (SSSR count). The van der Waals surface area contributed by atoms with Gasteiger partial charge < -0.3 is 72.5 Å². The van der Waals surface area contributed by atoms with Crippen molar-refractivity contribution in [1.29, 1.82) is 0 Å². The van der Waals surface area contributed by atoms with Crippen LogP contribution in [0.15, 0.2) is 195 Å². The second-order valence-corrected chi connectivity index (χ2v) is 33.2. The van der Waals surface area contributed by atoms with E-state index in [1.807, 2.05) is 30.9 Å². The summed E-state index contributed by atoms with van der Waals surface area (Å²) in [5.41, 5.74) is 11.0. The van der Waals surface area contributed by atoms with Gasteiger partial charge in [0.05, 0.1) is 13.7 Å². The van der Waals surface area contributed by atoms with Crippen LogP contribution >= 0.6 is 11.6 Å². The van der Waals surface area contributed by atoms with Crippen LogP contribution < -0.4 is 56.6 Å². The molecule has 33 nitrogen and oxygen atoms in total. The Morgan fingerprint density at radius 3 is 0.978 bits per heavy atom. The number of carbonyl (C=O) groups excluding carboxylic acids is 11. The number of hydrogen-bond acceptors (Lipinski definition) is 24. The van der Waals surface area contributed by atoms with Crippen molar-refractivity contribution in [3.05, 3.63) is 229 Å². The van der Waals surface area contributed by atoms with Gasteiger partial charge in [0.15, 0.2) is 23.3 Å². The molecule has 5 aliphatic rings. The number of piperidine rings is 4. The number of carboxylic acid groups (broad SMARTS) is 1. The Hall–Kier alpha value is -12.5. The Morgan fingerprint density at radius 1 is 0.456 bits per heavy atom. The molecule has 8 N–H and O–H groups in total. The van der Waals surface area contributed by atoms with E-state index in [0.29, 0.717) is 129 Å². The average molecular weight is 1890 g/mol. The Morgan fingerprint density at radius 2 is 0.735 bits per heavy atom. The van der Waals surface area contributed by atoms with Crippen molar-refractivity contribution in [1.82, 2.24) is 80.7 Å². The molecule has 3 radical (unpaired) electrons. The SMILES string of the molecule is CC(C)COC(=O)Cl.COC(=O)CC[C@H](NC(=O)c1ccc(-c2ncccn2)cc1)C(=O)N1CCCCC1.N[C@@H]1C[C@H]1c1ccc(F)cc1.O=C(N[C@@H](CCCO)C(=O)N1CCCCC1)c1ccc(-c2ncccn2)cc1.O=C(O)CC[C@H](NC(=O)c1ccc(-c2ncccn2)cc1)C(=O)N1CCCCC1.O=CCC[C@H](NC(=O)c1ccc(-c2ncccn2)cc1)C(=O)N1CCCCC1.[B].[H-].[Na+]. The van der Waals surface area contributed by atoms with Crippen LogP contribution in [0.4, 0.5) is 9.18 Å². The van der Waals surface area contributed by atoms with E-state index in [4.69, 9.17) is 27.5 Å². The molecule has 0 bridgehead atoms. The summed E-state index contributed by atoms with van der Waals surface area (Å²) in [7, 11) is 1.31. The molecule has 0 unspecified atom stereocenters. The van der Waals surface area contributed by atoms with Crippen LogP contribution in [0.3, 0.4) is 0 Å². The zero-order valence-electron chi connectivity index (χ0n) is 78.4. The van der Waals surface area contributed by atoms with Gasteiger partial charge in [-0.15, -0.1) is 0 Å². The Bertz CT molecular complexity index is 5210. The predicted molar refractivity (Wildman–Crippen MR) is 507 cm³/mol. The number of benzene rings is 5. The summed E-state index contributed by atoms with van der Waals surface area (Å²) >= 11 is 4.86. The fraction of sp³-hybridized carbons (Fsp3) is 0.414. The van der Waals surface area contributed by atoms with Crippen molar-refractivity contribution in [3.63, 3.8) is 0 Å². The Labute approximate surface area is 822 Å². The van der Waals surface area contributed by atoms with Crippen molar-refractivity contribution in [3.8, 4) is 45.6 Å². The number of nitrogens with one attached hydrogen (secondary N) is 4. The molecule has 136 heavy (non-hydrogen) atoms. The summed E-state index contributed by atoms with van der Waals surface area (Å²) in [5, 5.41) is 29.3. The standard InChI is InChI=1S/C22H26N4O4.C21H24N4O4.C21H26N4O3.C21H24N4O3.C9H10FN.C5H9ClO2.B.Na.H/c1-30-19(27)11-10-18(22(29)26-14-3-2-4-15-26)25-21(28)17-8-6-16(7-9-17)20-23-12-5-13-24-20;26-18(27)10-9-17(21(29)25-13-2-1-3-14-25)24-20(28)16-7-5-15(6-8-16)19-22-11-4-12-23-19;2*26-15-4-6-18(21(28)25-13-2-1-3-14-25)24-20(27)17-9-7-16(8-10-17)19-22-11-5-12-23-19;10-7-3-1-6(2-4-7)8-5-9(8)11;1-4(2)3-8-5(6)7;;;/h5-9,12-13,18H,2-4,10-11,14-15H2,1H3,(H,25,28);4-8,11-12,17H,1-3,9-10,13-14H2,(H,24,28)(H,26,27);5,7-12,18,26H,1-4,6,13-15H2,(H,24,27);5,7-12,15,18H,1-4,6,13-14H2,(H,24,27);1-4,8-9H,5,11H2;4H,3H2,1-2H3;;;/q;;;;;;;+1;-1/t18-;17-;2*18-;8-,9+;;;;/m00000..../s1. The molecule has 4 aromatic heterocycles. The third-order valence-electron chi connectivity index (χ3n) is 22.4. The number of nitrogens with two attached hydrogens (primary N) is 1. The quantitative estimate of drug-likeness (QED) is 0.00921. The minimum Gasteiger partial charge on any atom is -1.00 e. The van der Waals surface area contributed by atoms with Crippen LogP contribution in [0.2, 0.25) is 0 Å². The predicted octanol–water partition coefficient (Wildman–Crippen LogP) is 8.98. The van der Waals surface area contributed by atoms with Gasteiger partial charge in [0, 0.05) is 204 Å². The maximum Gasteiger partial charge on any atom is 1.00 e. The molecule has 5 aromatic carbocycles. The maximum atomic E-state index is 12.9. The van der Waals surface area contributed by atoms with E-state index in [-0.39, 0.29) is 125 Å². The molecule has 0 spiro atoms. The molecule has 1 saturated carbocycles. The third-order valence-corrected chi connectivity index (χ3v) is 22.5. The van der Waals surface area contributed by atoms with E-state index in [1.165, 1.54) is 24.8 Å². The second kappa shape index (κ2) is 60.0. The Balaban J connectivity index is 0.000000261. The number of methoxy groups -OCH3 is 1. The number of likely N-dealkylation sites (tertiary alicyclic amines) is 4. The van der Waals surface area contributed by atoms with Gasteiger partial charge in [0.1, 0.15) is 36.3 Å². The third kappa shape index (κ3) is 37.6. The minimum atomic E-state index is -0.997. The van der Waals surface area contributed by atoms with Crippen molar-refractivity contribution in [2.45, 2.75) is 185 Å². The van der Waals surface area contributed by atoms with Gasteiger partial charge in [-0.25, -0.2) is 49.1 Å². The van der Waals surface area contributed by atoms with Gasteiger partial charge in [-0.3, -0.25) is 47.9 Å². The number of aldehydes is 1. The number of carboxylic acids is 1. The van der Waals surface area contributed by atoms with Crippen LogP contribution in [0.5, 0.6) is 0 Å². The molecular formula is C99H120BClFN17NaO16. The summed E-state index contributed by atoms with van der Waals surface area (Å²) in [4.78, 5) is 186. The van der Waals surface area contributed by atoms with E-state index in [0.717, 1.165) is 125 Å². The molecule has 4 saturated heterocycles. The van der Waals surface area contributed by atoms with Gasteiger partial charge in [-0.1, -0.05) is 74.5 Å². The smallest absolute Gasteiger partial charge is 1.00 e. The van der Waals surface area contributed by atoms with Crippen LogP contribution in [-0.2, 0) is 43.0 Å². The van der Waals surface area contributed by atoms with E-state index in [1.54, 1.807) is 186 Å². The number of esters is 1. The van der Waals surface area contributed by atoms with Crippen molar-refractivity contribution >= 4 is 90.9 Å². The molecular weight excluding hydrogens is 1770 g/mol. The largest absolute Gasteiger partial charge is 1.00 e. The molecule has 8 amide bonds. The van der Waals surface area contributed by atoms with Gasteiger partial charge in [-0.05, 0) is 212 Å². The number of amides is 8. The van der Waals surface area contributed by atoms with Gasteiger partial charge in [0.25, 0.3) is 23.6 Å². The topological polar surface area (TPSA) is 454 Å². The van der Waals surface area contributed by atoms with E-state index in [2.05, 4.69) is 70.6 Å². The van der Waals surface area contributed by atoms with Crippen molar-refractivity contribution < 1.29 is 113 Å². The number of aromatic nitrogens is 8. The first-order chi connectivity index (χ1) is 64.9. The van der Waals surface area contributed by atoms with Crippen LogP contribution in [0.25, 0.3) is 45.6 Å². The maximum absolute atomic E-state index is 12.9. The average Bonchev–Trinajstić information content (AvgIpc) is 1.66. The normalized spacial score (nSPS) is 15.4. The number of carbonyl (C=O) groups is 12. The van der Waals surface area contributed by atoms with E-state index < -0.39 is 47.4 Å². The molecule has 4 aliphatic heterocycles. The fourth-order valence-electron chi connectivity index (χ4n) is 14.9. The van der Waals surface area contributed by atoms with Crippen molar-refractivity contribution in [2.75, 3.05) is 72.7 Å². The fourth-order valence-corrected chi connectivity index (χ4v) is 15.0. The summed E-state index contributed by atoms with van der Waals surface area (Å²) in [6, 6.07) is 38.5. The molecule has 715 valence electrons. The van der Waals surface area contributed by atoms with Gasteiger partial charge in [-0.2, -0.15) is 0 Å². The van der Waals surface area contributed by atoms with Gasteiger partial charge >= 0.3 is 46.9 Å². The monoisotopic (exact) mass is 1890 g/mol. The number of hydrogen-bond donors (Lipinski definition) is 7. The minimum absolute atomic E-state index is 0. The second-order valence-electron chi connectivity index (χ2n) is 32.9. The number of ether oxygens (including phenoxy) is 2. The van der Waals surface area contributed by atoms with Gasteiger partial charge in [0.2, 0.25) is 23.6 Å². The zero-order chi connectivity index (χ0) is 95.9. The van der Waals surface area contributed by atoms with Crippen LogP contribution in [-0.4, -0.2) is 252 Å². The number of aliphatic hydroxyl groups excluding tert-OH is 1. The molecule has 9 aromatic rings. The first-order valence-corrected chi connectivity index (χ1v) is 45.8. The number of halogens is 2.